The third-order valence-corrected chi connectivity index (χ3v) is 5.26. The maximum atomic E-state index is 11.6. The summed E-state index contributed by atoms with van der Waals surface area (Å²) in [5.41, 5.74) is 8.08. The summed E-state index contributed by atoms with van der Waals surface area (Å²) < 4.78 is 7.39. The predicted molar refractivity (Wildman–Crippen MR) is 106 cm³/mol. The van der Waals surface area contributed by atoms with Gasteiger partial charge in [0.2, 0.25) is 5.89 Å². The number of rotatable bonds is 2. The van der Waals surface area contributed by atoms with Crippen LogP contribution in [0, 0.1) is 18.8 Å². The van der Waals surface area contributed by atoms with E-state index in [0.717, 1.165) is 17.5 Å². The molecule has 0 fully saturated rings. The summed E-state index contributed by atoms with van der Waals surface area (Å²) in [5, 5.41) is 10.6. The van der Waals surface area contributed by atoms with E-state index < -0.39 is 11.5 Å². The van der Waals surface area contributed by atoms with Gasteiger partial charge in [0.25, 0.3) is 5.91 Å². The van der Waals surface area contributed by atoms with Crippen LogP contribution in [0.3, 0.4) is 0 Å². The Bertz CT molecular complexity index is 1270. The number of benzene rings is 1. The van der Waals surface area contributed by atoms with Crippen LogP contribution in [0.5, 0.6) is 0 Å². The first-order valence-electron chi connectivity index (χ1n) is 9.24. The molecule has 4 heterocycles. The standard InChI is InChI=1S/C22H18N4O3/c1-12-10-24-21(29-12)22(2,28)6-5-13-3-4-16-14-8-15(9-14)26-11-18(19(23)27)25-20(26)17(16)7-13/h3-4,7-8,10-11,15,28H,9H2,1-2H3,(H2,23,27)/t15?,22-/m1/s1. The molecule has 2 atom stereocenters. The maximum Gasteiger partial charge on any atom is 0.268 e. The van der Waals surface area contributed by atoms with Crippen LogP contribution in [0.2, 0.25) is 0 Å². The van der Waals surface area contributed by atoms with Crippen LogP contribution in [-0.2, 0) is 5.60 Å². The van der Waals surface area contributed by atoms with Crippen molar-refractivity contribution in [2.75, 3.05) is 0 Å². The number of aryl methyl sites for hydroxylation is 1. The van der Waals surface area contributed by atoms with Crippen molar-refractivity contribution in [3.05, 3.63) is 65.1 Å². The second kappa shape index (κ2) is 5.93. The van der Waals surface area contributed by atoms with Crippen LogP contribution in [0.25, 0.3) is 17.0 Å². The maximum absolute atomic E-state index is 11.6. The molecule has 2 aromatic heterocycles. The molecular weight excluding hydrogens is 368 g/mol. The van der Waals surface area contributed by atoms with E-state index >= 15 is 0 Å². The van der Waals surface area contributed by atoms with Crippen LogP contribution in [-0.4, -0.2) is 25.5 Å². The molecular formula is C22H18N4O3. The molecule has 3 N–H and O–H groups in total. The third kappa shape index (κ3) is 2.77. The highest BCUT2D eigenvalue weighted by Gasteiger charge is 2.32. The largest absolute Gasteiger partial charge is 0.442 e. The Kier molecular flexibility index (Phi) is 3.57. The fourth-order valence-corrected chi connectivity index (χ4v) is 3.68. The zero-order chi connectivity index (χ0) is 20.3. The topological polar surface area (TPSA) is 107 Å². The summed E-state index contributed by atoms with van der Waals surface area (Å²) in [4.78, 5) is 20.1. The Labute approximate surface area is 166 Å². The fraction of sp³-hybridized carbons (Fsp3) is 0.227. The Morgan fingerprint density at radius 3 is 2.90 bits per heavy atom. The Hall–Kier alpha value is -3.63. The number of nitrogens with two attached hydrogens (primary N) is 1. The van der Waals surface area contributed by atoms with Gasteiger partial charge < -0.3 is 19.8 Å². The van der Waals surface area contributed by atoms with Crippen LogP contribution in [0.4, 0.5) is 0 Å². The zero-order valence-electron chi connectivity index (χ0n) is 15.9. The summed E-state index contributed by atoms with van der Waals surface area (Å²) >= 11 is 0. The Morgan fingerprint density at radius 1 is 1.41 bits per heavy atom. The van der Waals surface area contributed by atoms with Crippen molar-refractivity contribution in [1.82, 2.24) is 14.5 Å². The lowest BCUT2D eigenvalue weighted by molar-refractivity contribution is 0.0882. The van der Waals surface area contributed by atoms with Crippen LogP contribution in [0.15, 0.2) is 41.1 Å². The van der Waals surface area contributed by atoms with E-state index in [0.29, 0.717) is 17.1 Å². The smallest absolute Gasteiger partial charge is 0.268 e. The van der Waals surface area contributed by atoms with E-state index in [2.05, 4.69) is 27.9 Å². The molecule has 0 radical (unpaired) electrons. The first-order chi connectivity index (χ1) is 13.8. The lowest BCUT2D eigenvalue weighted by Crippen LogP contribution is -2.18. The molecule has 1 aromatic carbocycles. The number of aromatic nitrogens is 3. The van der Waals surface area contributed by atoms with Crippen molar-refractivity contribution in [3.8, 4) is 23.2 Å². The highest BCUT2D eigenvalue weighted by Crippen LogP contribution is 2.46. The normalized spacial score (nSPS) is 18.2. The second-order valence-corrected chi connectivity index (χ2v) is 7.54. The summed E-state index contributed by atoms with van der Waals surface area (Å²) in [6.07, 6.45) is 6.31. The monoisotopic (exact) mass is 386 g/mol. The highest BCUT2D eigenvalue weighted by molar-refractivity contribution is 5.92. The number of oxazole rings is 1. The van der Waals surface area contributed by atoms with Crippen molar-refractivity contribution in [2.45, 2.75) is 31.9 Å². The van der Waals surface area contributed by atoms with Gasteiger partial charge in [-0.3, -0.25) is 4.79 Å². The Balaban J connectivity index is 1.58. The number of aliphatic hydroxyl groups is 1. The summed E-state index contributed by atoms with van der Waals surface area (Å²) in [6, 6.07) is 6.01. The van der Waals surface area contributed by atoms with E-state index in [4.69, 9.17) is 10.2 Å². The number of imidazole rings is 1. The van der Waals surface area contributed by atoms with Crippen molar-refractivity contribution in [1.29, 1.82) is 0 Å². The van der Waals surface area contributed by atoms with Gasteiger partial charge in [0.05, 0.1) is 12.2 Å². The molecule has 0 saturated carbocycles. The quantitative estimate of drug-likeness (QED) is 0.658. The molecule has 3 aliphatic rings. The fourth-order valence-electron chi connectivity index (χ4n) is 3.68. The number of carbonyl (C=O) groups excluding carboxylic acids is 1. The number of primary amides is 1. The van der Waals surface area contributed by atoms with Gasteiger partial charge in [0, 0.05) is 17.3 Å². The third-order valence-electron chi connectivity index (χ3n) is 5.26. The number of amides is 1. The molecule has 1 amide bonds. The minimum Gasteiger partial charge on any atom is -0.442 e. The van der Waals surface area contributed by atoms with Gasteiger partial charge in [0.1, 0.15) is 17.3 Å². The molecule has 2 aliphatic heterocycles. The van der Waals surface area contributed by atoms with Crippen molar-refractivity contribution in [2.24, 2.45) is 5.73 Å². The number of nitrogens with zero attached hydrogens (tertiary/aromatic N) is 3. The van der Waals surface area contributed by atoms with Crippen molar-refractivity contribution < 1.29 is 14.3 Å². The Morgan fingerprint density at radius 2 is 2.21 bits per heavy atom. The SMILES string of the molecule is Cc1cnc([C@](C)(O)C#Cc2ccc3c(c2)-c2nc(C(N)=O)cn2C2C=C3C2)o1. The minimum atomic E-state index is -1.51. The number of allylic oxidation sites excluding steroid dienone is 2. The van der Waals surface area contributed by atoms with E-state index in [1.165, 1.54) is 5.57 Å². The van der Waals surface area contributed by atoms with Crippen LogP contribution < -0.4 is 5.73 Å². The van der Waals surface area contributed by atoms with Gasteiger partial charge in [-0.1, -0.05) is 24.0 Å². The van der Waals surface area contributed by atoms with E-state index in [1.54, 1.807) is 26.2 Å². The van der Waals surface area contributed by atoms with Crippen molar-refractivity contribution in [3.63, 3.8) is 0 Å². The molecule has 0 spiro atoms. The predicted octanol–water partition coefficient (Wildman–Crippen LogP) is 2.55. The van der Waals surface area contributed by atoms with Gasteiger partial charge in [-0.15, -0.1) is 0 Å². The van der Waals surface area contributed by atoms with E-state index in [-0.39, 0.29) is 17.6 Å². The van der Waals surface area contributed by atoms with Crippen LogP contribution in [0.1, 0.15) is 52.7 Å². The van der Waals surface area contributed by atoms with Gasteiger partial charge in [-0.05, 0) is 43.5 Å². The highest BCUT2D eigenvalue weighted by atomic mass is 16.4. The second-order valence-electron chi connectivity index (χ2n) is 7.54. The molecule has 7 nitrogen and oxygen atoms in total. The molecule has 0 saturated heterocycles. The molecule has 29 heavy (non-hydrogen) atoms. The molecule has 144 valence electrons. The first kappa shape index (κ1) is 17.5. The lowest BCUT2D eigenvalue weighted by Gasteiger charge is -2.24. The number of carbonyl (C=O) groups is 1. The number of hydrogen-bond acceptors (Lipinski definition) is 5. The van der Waals surface area contributed by atoms with Gasteiger partial charge in [-0.2, -0.15) is 0 Å². The van der Waals surface area contributed by atoms with Gasteiger partial charge >= 0.3 is 0 Å². The first-order valence-corrected chi connectivity index (χ1v) is 9.24. The summed E-state index contributed by atoms with van der Waals surface area (Å²) in [6.45, 7) is 3.30. The lowest BCUT2D eigenvalue weighted by atomic mass is 9.86. The minimum absolute atomic E-state index is 0.157. The van der Waals surface area contributed by atoms with Gasteiger partial charge in [-0.25, -0.2) is 9.97 Å². The molecule has 3 aromatic rings. The average molecular weight is 386 g/mol. The molecule has 6 rings (SSSR count). The van der Waals surface area contributed by atoms with Gasteiger partial charge in [0.15, 0.2) is 5.60 Å². The number of hydrogen-bond donors (Lipinski definition) is 2. The molecule has 2 bridgehead atoms. The van der Waals surface area contributed by atoms with Crippen LogP contribution >= 0.6 is 0 Å². The molecule has 7 heteroatoms. The van der Waals surface area contributed by atoms with E-state index in [9.17, 15) is 9.90 Å². The van der Waals surface area contributed by atoms with E-state index in [1.807, 2.05) is 22.8 Å². The zero-order valence-corrected chi connectivity index (χ0v) is 15.9. The molecule has 1 aliphatic carbocycles. The van der Waals surface area contributed by atoms with Crippen molar-refractivity contribution >= 4 is 11.5 Å². The average Bonchev–Trinajstić information content (AvgIpc) is 3.22. The summed E-state index contributed by atoms with van der Waals surface area (Å²) in [5.74, 6) is 6.74. The summed E-state index contributed by atoms with van der Waals surface area (Å²) in [7, 11) is 0. The molecule has 1 unspecified atom stereocenters.